The first-order chi connectivity index (χ1) is 9.32. The summed E-state index contributed by atoms with van der Waals surface area (Å²) in [6.07, 6.45) is 3.75. The number of aromatic nitrogens is 2. The van der Waals surface area contributed by atoms with Gasteiger partial charge >= 0.3 is 0 Å². The second-order valence-electron chi connectivity index (χ2n) is 5.95. The molecule has 1 aromatic carbocycles. The van der Waals surface area contributed by atoms with Crippen molar-refractivity contribution in [3.8, 4) is 11.1 Å². The van der Waals surface area contributed by atoms with E-state index >= 15 is 0 Å². The van der Waals surface area contributed by atoms with E-state index in [2.05, 4.69) is 62.4 Å². The standard InChI is InChI=1S/C18H22N2/c1-12(2)18(5,6)17-8-7-15(9-13(17)3)16-10-19-14(4)20-11-16/h7-11H,1H2,2-6H3. The second-order valence-corrected chi connectivity index (χ2v) is 5.95. The van der Waals surface area contributed by atoms with Gasteiger partial charge in [0.1, 0.15) is 5.82 Å². The molecule has 0 N–H and O–H groups in total. The summed E-state index contributed by atoms with van der Waals surface area (Å²) in [6, 6.07) is 6.54. The molecule has 0 aliphatic rings. The summed E-state index contributed by atoms with van der Waals surface area (Å²) in [5, 5.41) is 0. The van der Waals surface area contributed by atoms with E-state index in [1.807, 2.05) is 19.3 Å². The Bertz CT molecular complexity index is 637. The highest BCUT2D eigenvalue weighted by molar-refractivity contribution is 5.63. The first-order valence-corrected chi connectivity index (χ1v) is 6.88. The number of nitrogens with zero attached hydrogens (tertiary/aromatic N) is 2. The molecule has 1 aromatic heterocycles. The van der Waals surface area contributed by atoms with Crippen molar-refractivity contribution >= 4 is 0 Å². The Hall–Kier alpha value is -1.96. The van der Waals surface area contributed by atoms with Gasteiger partial charge in [-0.15, -0.1) is 0 Å². The normalized spacial score (nSPS) is 11.4. The van der Waals surface area contributed by atoms with Crippen LogP contribution in [0.3, 0.4) is 0 Å². The summed E-state index contributed by atoms with van der Waals surface area (Å²) in [6.45, 7) is 14.7. The van der Waals surface area contributed by atoms with Crippen LogP contribution in [0.4, 0.5) is 0 Å². The average Bonchev–Trinajstić information content (AvgIpc) is 2.39. The number of rotatable bonds is 3. The van der Waals surface area contributed by atoms with Crippen molar-refractivity contribution in [3.63, 3.8) is 0 Å². The van der Waals surface area contributed by atoms with Gasteiger partial charge in [0.15, 0.2) is 0 Å². The van der Waals surface area contributed by atoms with Crippen molar-refractivity contribution < 1.29 is 0 Å². The number of aryl methyl sites for hydroxylation is 2. The van der Waals surface area contributed by atoms with Crippen molar-refractivity contribution in [1.82, 2.24) is 9.97 Å². The fourth-order valence-electron chi connectivity index (χ4n) is 2.32. The quantitative estimate of drug-likeness (QED) is 0.758. The number of hydrogen-bond donors (Lipinski definition) is 0. The Morgan fingerprint density at radius 1 is 1.05 bits per heavy atom. The topological polar surface area (TPSA) is 25.8 Å². The molecule has 0 saturated heterocycles. The fraction of sp³-hybridized carbons (Fsp3) is 0.333. The molecule has 2 aromatic rings. The van der Waals surface area contributed by atoms with Crippen LogP contribution in [0.15, 0.2) is 42.7 Å². The largest absolute Gasteiger partial charge is 0.241 e. The monoisotopic (exact) mass is 266 g/mol. The van der Waals surface area contributed by atoms with E-state index in [0.717, 1.165) is 17.0 Å². The maximum absolute atomic E-state index is 4.26. The van der Waals surface area contributed by atoms with Crippen molar-refractivity contribution in [3.05, 3.63) is 59.7 Å². The van der Waals surface area contributed by atoms with Gasteiger partial charge in [-0.25, -0.2) is 9.97 Å². The first kappa shape index (κ1) is 14.4. The second kappa shape index (κ2) is 5.20. The molecule has 0 unspecified atom stereocenters. The van der Waals surface area contributed by atoms with Crippen LogP contribution in [0.1, 0.15) is 37.7 Å². The maximum atomic E-state index is 4.26. The minimum Gasteiger partial charge on any atom is -0.241 e. The molecule has 1 heterocycles. The van der Waals surface area contributed by atoms with E-state index in [1.165, 1.54) is 16.7 Å². The van der Waals surface area contributed by atoms with Gasteiger partial charge in [-0.2, -0.15) is 0 Å². The van der Waals surface area contributed by atoms with Crippen molar-refractivity contribution in [2.75, 3.05) is 0 Å². The Kier molecular flexibility index (Phi) is 3.76. The van der Waals surface area contributed by atoms with E-state index in [4.69, 9.17) is 0 Å². The molecule has 0 radical (unpaired) electrons. The molecule has 0 spiro atoms. The van der Waals surface area contributed by atoms with Gasteiger partial charge in [-0.3, -0.25) is 0 Å². The minimum absolute atomic E-state index is 0.00755. The van der Waals surface area contributed by atoms with Gasteiger partial charge in [0.25, 0.3) is 0 Å². The van der Waals surface area contributed by atoms with E-state index in [-0.39, 0.29) is 5.41 Å². The zero-order valence-electron chi connectivity index (χ0n) is 13.0. The molecule has 0 aliphatic carbocycles. The number of hydrogen-bond acceptors (Lipinski definition) is 2. The molecule has 0 amide bonds. The summed E-state index contributed by atoms with van der Waals surface area (Å²) in [5.74, 6) is 0.797. The van der Waals surface area contributed by atoms with Crippen LogP contribution in [0.25, 0.3) is 11.1 Å². The van der Waals surface area contributed by atoms with E-state index in [9.17, 15) is 0 Å². The zero-order chi connectivity index (χ0) is 14.9. The Morgan fingerprint density at radius 3 is 2.15 bits per heavy atom. The smallest absolute Gasteiger partial charge is 0.125 e. The summed E-state index contributed by atoms with van der Waals surface area (Å²) in [7, 11) is 0. The lowest BCUT2D eigenvalue weighted by molar-refractivity contribution is 0.622. The summed E-state index contributed by atoms with van der Waals surface area (Å²) in [5.41, 5.74) is 5.97. The summed E-state index contributed by atoms with van der Waals surface area (Å²) >= 11 is 0. The number of allylic oxidation sites excluding steroid dienone is 1. The van der Waals surface area contributed by atoms with Crippen LogP contribution >= 0.6 is 0 Å². The molecule has 0 atom stereocenters. The molecular formula is C18H22N2. The molecule has 2 rings (SSSR count). The molecule has 2 heteroatoms. The SMILES string of the molecule is C=C(C)C(C)(C)c1ccc(-c2cnc(C)nc2)cc1C. The maximum Gasteiger partial charge on any atom is 0.125 e. The first-order valence-electron chi connectivity index (χ1n) is 6.88. The molecule has 2 nitrogen and oxygen atoms in total. The van der Waals surface area contributed by atoms with Crippen LogP contribution in [0.2, 0.25) is 0 Å². The molecule has 104 valence electrons. The van der Waals surface area contributed by atoms with Crippen molar-refractivity contribution in [2.45, 2.75) is 40.0 Å². The van der Waals surface area contributed by atoms with Crippen LogP contribution in [0.5, 0.6) is 0 Å². The minimum atomic E-state index is -0.00755. The van der Waals surface area contributed by atoms with E-state index in [0.29, 0.717) is 0 Å². The van der Waals surface area contributed by atoms with Crippen LogP contribution < -0.4 is 0 Å². The highest BCUT2D eigenvalue weighted by Gasteiger charge is 2.23. The average molecular weight is 266 g/mol. The van der Waals surface area contributed by atoms with E-state index in [1.54, 1.807) is 0 Å². The summed E-state index contributed by atoms with van der Waals surface area (Å²) < 4.78 is 0. The predicted molar refractivity (Wildman–Crippen MR) is 84.8 cm³/mol. The van der Waals surface area contributed by atoms with Gasteiger partial charge in [-0.1, -0.05) is 44.2 Å². The highest BCUT2D eigenvalue weighted by atomic mass is 14.8. The lowest BCUT2D eigenvalue weighted by Crippen LogP contribution is -2.19. The van der Waals surface area contributed by atoms with Crippen molar-refractivity contribution in [2.24, 2.45) is 0 Å². The molecule has 0 fully saturated rings. The summed E-state index contributed by atoms with van der Waals surface area (Å²) in [4.78, 5) is 8.52. The number of benzene rings is 1. The Labute approximate surface area is 121 Å². The van der Waals surface area contributed by atoms with Crippen molar-refractivity contribution in [1.29, 1.82) is 0 Å². The Morgan fingerprint density at radius 2 is 1.65 bits per heavy atom. The Balaban J connectivity index is 2.45. The molecule has 0 aliphatic heterocycles. The van der Waals surface area contributed by atoms with Crippen LogP contribution in [-0.2, 0) is 5.41 Å². The lowest BCUT2D eigenvalue weighted by Gasteiger charge is -2.28. The third-order valence-corrected chi connectivity index (χ3v) is 4.08. The van der Waals surface area contributed by atoms with Gasteiger partial charge in [0.05, 0.1) is 0 Å². The predicted octanol–water partition coefficient (Wildman–Crippen LogP) is 4.61. The molecule has 20 heavy (non-hydrogen) atoms. The third-order valence-electron chi connectivity index (χ3n) is 4.08. The van der Waals surface area contributed by atoms with Gasteiger partial charge < -0.3 is 0 Å². The van der Waals surface area contributed by atoms with Gasteiger partial charge in [0, 0.05) is 23.4 Å². The van der Waals surface area contributed by atoms with Crippen LogP contribution in [0, 0.1) is 13.8 Å². The van der Waals surface area contributed by atoms with Crippen LogP contribution in [-0.4, -0.2) is 9.97 Å². The third kappa shape index (κ3) is 2.64. The van der Waals surface area contributed by atoms with E-state index < -0.39 is 0 Å². The molecular weight excluding hydrogens is 244 g/mol. The highest BCUT2D eigenvalue weighted by Crippen LogP contribution is 2.34. The molecule has 0 saturated carbocycles. The lowest BCUT2D eigenvalue weighted by atomic mass is 9.76. The van der Waals surface area contributed by atoms with Gasteiger partial charge in [0.2, 0.25) is 0 Å². The molecule has 0 bridgehead atoms. The fourth-order valence-corrected chi connectivity index (χ4v) is 2.32. The zero-order valence-corrected chi connectivity index (χ0v) is 13.0. The van der Waals surface area contributed by atoms with Gasteiger partial charge in [-0.05, 0) is 37.5 Å².